The zero-order valence-electron chi connectivity index (χ0n) is 19.2. The lowest BCUT2D eigenvalue weighted by Crippen LogP contribution is -2.50. The summed E-state index contributed by atoms with van der Waals surface area (Å²) >= 11 is 0. The third-order valence-electron chi connectivity index (χ3n) is 6.73. The Hall–Kier alpha value is -2.11. The van der Waals surface area contributed by atoms with Crippen LogP contribution in [0, 0.1) is 0 Å². The largest absolute Gasteiger partial charge is 0.494 e. The molecule has 2 fully saturated rings. The van der Waals surface area contributed by atoms with Crippen molar-refractivity contribution in [3.8, 4) is 5.75 Å². The van der Waals surface area contributed by atoms with Crippen LogP contribution in [0.15, 0.2) is 36.4 Å². The Kier molecular flexibility index (Phi) is 7.46. The molecular formula is C26H37N3O2. The number of nitrogens with zero attached hydrogens (tertiary/aromatic N) is 3. The third-order valence-corrected chi connectivity index (χ3v) is 6.73. The molecule has 31 heavy (non-hydrogen) atoms. The summed E-state index contributed by atoms with van der Waals surface area (Å²) in [5.74, 6) is 1.05. The standard InChI is InChI=1S/C26H37N3O2/c1-21(2)28-14-16-29(17-15-28)26(30)24-8-7-23-20-25(10-9-22(23)19-24)31-18-6-13-27-11-4-3-5-12-27/h7-10,19-21H,3-6,11-18H2,1-2H3. The molecule has 2 aromatic carbocycles. The van der Waals surface area contributed by atoms with E-state index in [4.69, 9.17) is 4.74 Å². The van der Waals surface area contributed by atoms with Gasteiger partial charge in [0, 0.05) is 44.3 Å². The smallest absolute Gasteiger partial charge is 0.253 e. The van der Waals surface area contributed by atoms with Crippen LogP contribution in [0.25, 0.3) is 10.8 Å². The predicted octanol–water partition coefficient (Wildman–Crippen LogP) is 4.26. The second-order valence-electron chi connectivity index (χ2n) is 9.25. The van der Waals surface area contributed by atoms with Gasteiger partial charge in [0.15, 0.2) is 0 Å². The fourth-order valence-electron chi connectivity index (χ4n) is 4.73. The number of likely N-dealkylation sites (tertiary alicyclic amines) is 1. The average Bonchev–Trinajstić information content (AvgIpc) is 2.81. The van der Waals surface area contributed by atoms with E-state index in [9.17, 15) is 4.79 Å². The maximum absolute atomic E-state index is 13.0. The molecule has 2 aliphatic heterocycles. The molecule has 2 aliphatic rings. The van der Waals surface area contributed by atoms with Crippen molar-refractivity contribution in [1.29, 1.82) is 0 Å². The van der Waals surface area contributed by atoms with E-state index in [2.05, 4.69) is 35.8 Å². The molecule has 0 N–H and O–H groups in total. The molecule has 2 heterocycles. The molecule has 5 heteroatoms. The van der Waals surface area contributed by atoms with Crippen LogP contribution in [-0.2, 0) is 0 Å². The Balaban J connectivity index is 1.31. The molecule has 0 spiro atoms. The molecule has 2 saturated heterocycles. The van der Waals surface area contributed by atoms with E-state index < -0.39 is 0 Å². The first-order valence-electron chi connectivity index (χ1n) is 12.0. The van der Waals surface area contributed by atoms with Crippen LogP contribution >= 0.6 is 0 Å². The number of carbonyl (C=O) groups excluding carboxylic acids is 1. The van der Waals surface area contributed by atoms with Crippen molar-refractivity contribution in [2.75, 3.05) is 52.4 Å². The van der Waals surface area contributed by atoms with E-state index in [-0.39, 0.29) is 5.91 Å². The first kappa shape index (κ1) is 22.1. The van der Waals surface area contributed by atoms with Gasteiger partial charge in [-0.2, -0.15) is 0 Å². The van der Waals surface area contributed by atoms with E-state index >= 15 is 0 Å². The van der Waals surface area contributed by atoms with Gasteiger partial charge in [0.2, 0.25) is 0 Å². The number of hydrogen-bond acceptors (Lipinski definition) is 4. The molecule has 0 saturated carbocycles. The lowest BCUT2D eigenvalue weighted by atomic mass is 10.1. The number of fused-ring (bicyclic) bond motifs is 1. The maximum atomic E-state index is 13.0. The summed E-state index contributed by atoms with van der Waals surface area (Å²) in [5.41, 5.74) is 0.778. The van der Waals surface area contributed by atoms with Crippen molar-refractivity contribution in [2.24, 2.45) is 0 Å². The number of piperazine rings is 1. The Morgan fingerprint density at radius 1 is 0.903 bits per heavy atom. The first-order valence-corrected chi connectivity index (χ1v) is 12.0. The van der Waals surface area contributed by atoms with Gasteiger partial charge in [0.05, 0.1) is 6.61 Å². The summed E-state index contributed by atoms with van der Waals surface area (Å²) in [6, 6.07) is 12.8. The van der Waals surface area contributed by atoms with Crippen LogP contribution in [0.1, 0.15) is 49.9 Å². The van der Waals surface area contributed by atoms with Crippen LogP contribution in [0.3, 0.4) is 0 Å². The normalized spacial score (nSPS) is 18.6. The zero-order chi connectivity index (χ0) is 21.6. The molecule has 4 rings (SSSR count). The van der Waals surface area contributed by atoms with E-state index in [0.717, 1.165) is 67.8 Å². The van der Waals surface area contributed by atoms with E-state index in [1.807, 2.05) is 29.2 Å². The molecule has 0 radical (unpaired) electrons. The molecule has 0 aliphatic carbocycles. The molecule has 5 nitrogen and oxygen atoms in total. The van der Waals surface area contributed by atoms with Crippen molar-refractivity contribution in [3.63, 3.8) is 0 Å². The summed E-state index contributed by atoms with van der Waals surface area (Å²) in [4.78, 5) is 19.9. The van der Waals surface area contributed by atoms with Crippen molar-refractivity contribution >= 4 is 16.7 Å². The molecule has 0 atom stereocenters. The van der Waals surface area contributed by atoms with E-state index in [1.54, 1.807) is 0 Å². The Morgan fingerprint density at radius 3 is 2.35 bits per heavy atom. The molecule has 0 bridgehead atoms. The average molecular weight is 424 g/mol. The predicted molar refractivity (Wildman–Crippen MR) is 127 cm³/mol. The van der Waals surface area contributed by atoms with Crippen LogP contribution < -0.4 is 4.74 Å². The SMILES string of the molecule is CC(C)N1CCN(C(=O)c2ccc3cc(OCCCN4CCCCC4)ccc3c2)CC1. The monoisotopic (exact) mass is 423 g/mol. The highest BCUT2D eigenvalue weighted by Crippen LogP contribution is 2.23. The number of hydrogen-bond donors (Lipinski definition) is 0. The van der Waals surface area contributed by atoms with E-state index in [1.165, 1.54) is 32.4 Å². The van der Waals surface area contributed by atoms with Gasteiger partial charge in [-0.15, -0.1) is 0 Å². The summed E-state index contributed by atoms with van der Waals surface area (Å²) in [6.45, 7) is 12.3. The minimum absolute atomic E-state index is 0.142. The Labute approximate surface area is 186 Å². The lowest BCUT2D eigenvalue weighted by Gasteiger charge is -2.37. The second-order valence-corrected chi connectivity index (χ2v) is 9.25. The summed E-state index contributed by atoms with van der Waals surface area (Å²) in [7, 11) is 0. The van der Waals surface area contributed by atoms with Crippen LogP contribution in [0.5, 0.6) is 5.75 Å². The van der Waals surface area contributed by atoms with Gasteiger partial charge in [-0.05, 0) is 81.2 Å². The number of piperidine rings is 1. The molecule has 2 aromatic rings. The first-order chi connectivity index (χ1) is 15.1. The van der Waals surface area contributed by atoms with Crippen LogP contribution in [0.4, 0.5) is 0 Å². The van der Waals surface area contributed by atoms with Gasteiger partial charge in [-0.25, -0.2) is 0 Å². The molecular weight excluding hydrogens is 386 g/mol. The van der Waals surface area contributed by atoms with Gasteiger partial charge in [0.25, 0.3) is 5.91 Å². The lowest BCUT2D eigenvalue weighted by molar-refractivity contribution is 0.0595. The topological polar surface area (TPSA) is 36.0 Å². The Morgan fingerprint density at radius 2 is 1.61 bits per heavy atom. The highest BCUT2D eigenvalue weighted by atomic mass is 16.5. The fraction of sp³-hybridized carbons (Fsp3) is 0.577. The van der Waals surface area contributed by atoms with Crippen LogP contribution in [0.2, 0.25) is 0 Å². The van der Waals surface area contributed by atoms with Gasteiger partial charge in [0.1, 0.15) is 5.75 Å². The maximum Gasteiger partial charge on any atom is 0.253 e. The van der Waals surface area contributed by atoms with Gasteiger partial charge in [-0.1, -0.05) is 18.6 Å². The number of ether oxygens (including phenoxy) is 1. The second kappa shape index (κ2) is 10.5. The van der Waals surface area contributed by atoms with Gasteiger partial charge < -0.3 is 14.5 Å². The molecule has 0 unspecified atom stereocenters. The number of benzene rings is 2. The minimum atomic E-state index is 0.142. The number of amides is 1. The van der Waals surface area contributed by atoms with Gasteiger partial charge >= 0.3 is 0 Å². The summed E-state index contributed by atoms with van der Waals surface area (Å²) in [5, 5.41) is 2.21. The molecule has 168 valence electrons. The number of rotatable bonds is 7. The van der Waals surface area contributed by atoms with Crippen LogP contribution in [-0.4, -0.2) is 79.1 Å². The number of carbonyl (C=O) groups is 1. The summed E-state index contributed by atoms with van der Waals surface area (Å²) < 4.78 is 6.00. The van der Waals surface area contributed by atoms with Crippen molar-refractivity contribution in [1.82, 2.24) is 14.7 Å². The van der Waals surface area contributed by atoms with Crippen molar-refractivity contribution in [2.45, 2.75) is 45.6 Å². The van der Waals surface area contributed by atoms with Crippen molar-refractivity contribution < 1.29 is 9.53 Å². The van der Waals surface area contributed by atoms with E-state index in [0.29, 0.717) is 6.04 Å². The fourth-order valence-corrected chi connectivity index (χ4v) is 4.73. The zero-order valence-corrected chi connectivity index (χ0v) is 19.2. The highest BCUT2D eigenvalue weighted by molar-refractivity contribution is 5.98. The quantitative estimate of drug-likeness (QED) is 0.624. The molecule has 1 amide bonds. The van der Waals surface area contributed by atoms with Gasteiger partial charge in [-0.3, -0.25) is 9.69 Å². The van der Waals surface area contributed by atoms with Crippen molar-refractivity contribution in [3.05, 3.63) is 42.0 Å². The third kappa shape index (κ3) is 5.78. The molecule has 0 aromatic heterocycles. The highest BCUT2D eigenvalue weighted by Gasteiger charge is 2.23. The summed E-state index contributed by atoms with van der Waals surface area (Å²) in [6.07, 6.45) is 5.12. The Bertz CT molecular complexity index is 868. The minimum Gasteiger partial charge on any atom is -0.494 e.